The molecule has 0 aliphatic heterocycles. The number of phenols is 1. The molecule has 0 bridgehead atoms. The summed E-state index contributed by atoms with van der Waals surface area (Å²) < 4.78 is 10.4. The highest BCUT2D eigenvalue weighted by Crippen LogP contribution is 2.32. The second kappa shape index (κ2) is 7.17. The molecule has 1 aromatic rings. The summed E-state index contributed by atoms with van der Waals surface area (Å²) in [6.45, 7) is 7.77. The van der Waals surface area contributed by atoms with Crippen LogP contribution in [-0.4, -0.2) is 30.0 Å². The number of hydrogen-bond donors (Lipinski definition) is 3. The van der Waals surface area contributed by atoms with Crippen molar-refractivity contribution in [1.82, 2.24) is 5.32 Å². The van der Waals surface area contributed by atoms with Crippen molar-refractivity contribution in [1.29, 1.82) is 0 Å². The summed E-state index contributed by atoms with van der Waals surface area (Å²) >= 11 is 0. The number of hydrogen-bond acceptors (Lipinski definition) is 5. The van der Waals surface area contributed by atoms with E-state index in [0.29, 0.717) is 17.9 Å². The van der Waals surface area contributed by atoms with E-state index in [9.17, 15) is 9.90 Å². The molecule has 0 spiro atoms. The smallest absolute Gasteiger partial charge is 0.407 e. The van der Waals surface area contributed by atoms with Crippen LogP contribution in [0.5, 0.6) is 11.5 Å². The number of aromatic hydroxyl groups is 1. The Morgan fingerprint density at radius 3 is 2.67 bits per heavy atom. The molecule has 0 aliphatic carbocycles. The number of rotatable bonds is 5. The SMILES string of the molecule is CCOc1cccc(C(N)CNC(=O)OC(C)(C)C)c1O. The first-order chi connectivity index (χ1) is 9.74. The molecular weight excluding hydrogens is 272 g/mol. The summed E-state index contributed by atoms with van der Waals surface area (Å²) in [5, 5.41) is 12.7. The third-order valence-corrected chi connectivity index (χ3v) is 2.59. The van der Waals surface area contributed by atoms with Gasteiger partial charge < -0.3 is 25.6 Å². The van der Waals surface area contributed by atoms with E-state index in [-0.39, 0.29) is 12.3 Å². The number of alkyl carbamates (subject to hydrolysis) is 1. The van der Waals surface area contributed by atoms with Gasteiger partial charge in [0.05, 0.1) is 12.6 Å². The molecule has 6 heteroatoms. The van der Waals surface area contributed by atoms with Crippen LogP contribution in [0.3, 0.4) is 0 Å². The highest BCUT2D eigenvalue weighted by molar-refractivity contribution is 5.67. The number of amides is 1. The Morgan fingerprint density at radius 1 is 1.43 bits per heavy atom. The van der Waals surface area contributed by atoms with Gasteiger partial charge >= 0.3 is 6.09 Å². The maximum atomic E-state index is 11.6. The van der Waals surface area contributed by atoms with Gasteiger partial charge in [0.25, 0.3) is 0 Å². The molecule has 1 rings (SSSR count). The average molecular weight is 296 g/mol. The molecule has 4 N–H and O–H groups in total. The standard InChI is InChI=1S/C15H24N2O4/c1-5-20-12-8-6-7-10(13(12)18)11(16)9-17-14(19)21-15(2,3)4/h6-8,11,18H,5,9,16H2,1-4H3,(H,17,19). The van der Waals surface area contributed by atoms with Crippen molar-refractivity contribution in [2.75, 3.05) is 13.2 Å². The average Bonchev–Trinajstić information content (AvgIpc) is 2.37. The molecular formula is C15H24N2O4. The van der Waals surface area contributed by atoms with Gasteiger partial charge in [-0.15, -0.1) is 0 Å². The van der Waals surface area contributed by atoms with Crippen molar-refractivity contribution in [2.24, 2.45) is 5.73 Å². The Balaban J connectivity index is 2.66. The quantitative estimate of drug-likeness (QED) is 0.775. The molecule has 1 unspecified atom stereocenters. The van der Waals surface area contributed by atoms with Gasteiger partial charge in [-0.25, -0.2) is 4.79 Å². The van der Waals surface area contributed by atoms with Crippen LogP contribution < -0.4 is 15.8 Å². The van der Waals surface area contributed by atoms with E-state index in [1.165, 1.54) is 0 Å². The summed E-state index contributed by atoms with van der Waals surface area (Å²) in [6.07, 6.45) is -0.543. The first kappa shape index (κ1) is 17.1. The van der Waals surface area contributed by atoms with Gasteiger partial charge in [-0.3, -0.25) is 0 Å². The molecule has 6 nitrogen and oxygen atoms in total. The molecule has 0 heterocycles. The summed E-state index contributed by atoms with van der Waals surface area (Å²) in [6, 6.07) is 4.54. The molecule has 0 aliphatic rings. The number of carbonyl (C=O) groups is 1. The van der Waals surface area contributed by atoms with Gasteiger partial charge in [0.2, 0.25) is 0 Å². The Kier molecular flexibility index (Phi) is 5.84. The highest BCUT2D eigenvalue weighted by atomic mass is 16.6. The summed E-state index contributed by atoms with van der Waals surface area (Å²) in [5.74, 6) is 0.376. The minimum atomic E-state index is -0.564. The Bertz CT molecular complexity index is 483. The van der Waals surface area contributed by atoms with Crippen LogP contribution in [-0.2, 0) is 4.74 Å². The van der Waals surface area contributed by atoms with Crippen LogP contribution in [0.4, 0.5) is 4.79 Å². The normalized spacial score (nSPS) is 12.6. The van der Waals surface area contributed by atoms with Crippen molar-refractivity contribution in [3.05, 3.63) is 23.8 Å². The zero-order valence-electron chi connectivity index (χ0n) is 13.0. The Hall–Kier alpha value is -1.95. The predicted molar refractivity (Wildman–Crippen MR) is 80.4 cm³/mol. The molecule has 0 radical (unpaired) electrons. The van der Waals surface area contributed by atoms with Crippen molar-refractivity contribution in [3.8, 4) is 11.5 Å². The number of benzene rings is 1. The number of phenolic OH excluding ortho intramolecular Hbond substituents is 1. The van der Waals surface area contributed by atoms with Crippen LogP contribution >= 0.6 is 0 Å². The molecule has 118 valence electrons. The lowest BCUT2D eigenvalue weighted by Gasteiger charge is -2.21. The van der Waals surface area contributed by atoms with Crippen molar-refractivity contribution in [2.45, 2.75) is 39.3 Å². The lowest BCUT2D eigenvalue weighted by atomic mass is 10.1. The second-order valence-electron chi connectivity index (χ2n) is 5.62. The van der Waals surface area contributed by atoms with E-state index in [2.05, 4.69) is 5.32 Å². The number of nitrogens with one attached hydrogen (secondary N) is 1. The fourth-order valence-electron chi connectivity index (χ4n) is 1.73. The van der Waals surface area contributed by atoms with Crippen LogP contribution in [0.25, 0.3) is 0 Å². The minimum Gasteiger partial charge on any atom is -0.504 e. The summed E-state index contributed by atoms with van der Waals surface area (Å²) in [4.78, 5) is 11.6. The van der Waals surface area contributed by atoms with E-state index >= 15 is 0 Å². The molecule has 1 amide bonds. The third kappa shape index (κ3) is 5.51. The number of ether oxygens (including phenoxy) is 2. The van der Waals surface area contributed by atoms with Crippen LogP contribution in [0.2, 0.25) is 0 Å². The Morgan fingerprint density at radius 2 is 2.10 bits per heavy atom. The monoisotopic (exact) mass is 296 g/mol. The highest BCUT2D eigenvalue weighted by Gasteiger charge is 2.19. The minimum absolute atomic E-state index is 0.00200. The third-order valence-electron chi connectivity index (χ3n) is 2.59. The lowest BCUT2D eigenvalue weighted by Crippen LogP contribution is -2.36. The Labute approximate surface area is 125 Å². The fourth-order valence-corrected chi connectivity index (χ4v) is 1.73. The molecule has 0 saturated heterocycles. The van der Waals surface area contributed by atoms with Gasteiger partial charge in [0.1, 0.15) is 5.60 Å². The molecule has 21 heavy (non-hydrogen) atoms. The maximum Gasteiger partial charge on any atom is 0.407 e. The van der Waals surface area contributed by atoms with Crippen LogP contribution in [0.15, 0.2) is 18.2 Å². The molecule has 0 aromatic heterocycles. The van der Waals surface area contributed by atoms with Crippen molar-refractivity contribution >= 4 is 6.09 Å². The van der Waals surface area contributed by atoms with Gasteiger partial charge in [-0.1, -0.05) is 12.1 Å². The summed E-state index contributed by atoms with van der Waals surface area (Å²) in [5.41, 5.74) is 5.93. The zero-order valence-corrected chi connectivity index (χ0v) is 13.0. The van der Waals surface area contributed by atoms with Gasteiger partial charge in [-0.2, -0.15) is 0 Å². The predicted octanol–water partition coefficient (Wildman–Crippen LogP) is 2.32. The largest absolute Gasteiger partial charge is 0.504 e. The number of para-hydroxylation sites is 1. The van der Waals surface area contributed by atoms with E-state index < -0.39 is 17.7 Å². The van der Waals surface area contributed by atoms with E-state index in [1.54, 1.807) is 39.0 Å². The maximum absolute atomic E-state index is 11.6. The van der Waals surface area contributed by atoms with Gasteiger partial charge in [0.15, 0.2) is 11.5 Å². The van der Waals surface area contributed by atoms with Gasteiger partial charge in [0, 0.05) is 12.1 Å². The van der Waals surface area contributed by atoms with Crippen molar-refractivity contribution < 1.29 is 19.4 Å². The molecule has 1 atom stereocenters. The van der Waals surface area contributed by atoms with E-state index in [4.69, 9.17) is 15.2 Å². The van der Waals surface area contributed by atoms with Crippen molar-refractivity contribution in [3.63, 3.8) is 0 Å². The fraction of sp³-hybridized carbons (Fsp3) is 0.533. The molecule has 0 fully saturated rings. The van der Waals surface area contributed by atoms with Gasteiger partial charge in [-0.05, 0) is 33.8 Å². The zero-order chi connectivity index (χ0) is 16.0. The van der Waals surface area contributed by atoms with E-state index in [0.717, 1.165) is 0 Å². The first-order valence-electron chi connectivity index (χ1n) is 6.91. The van der Waals surface area contributed by atoms with Crippen LogP contribution in [0, 0.1) is 0 Å². The topological polar surface area (TPSA) is 93.8 Å². The number of carbonyl (C=O) groups excluding carboxylic acids is 1. The number of nitrogens with two attached hydrogens (primary N) is 1. The lowest BCUT2D eigenvalue weighted by molar-refractivity contribution is 0.0524. The summed E-state index contributed by atoms with van der Waals surface area (Å²) in [7, 11) is 0. The molecule has 1 aromatic carbocycles. The first-order valence-corrected chi connectivity index (χ1v) is 6.91. The van der Waals surface area contributed by atoms with Crippen LogP contribution in [0.1, 0.15) is 39.3 Å². The van der Waals surface area contributed by atoms with E-state index in [1.807, 2.05) is 6.92 Å². The second-order valence-corrected chi connectivity index (χ2v) is 5.62. The molecule has 0 saturated carbocycles.